The summed E-state index contributed by atoms with van der Waals surface area (Å²) in [4.78, 5) is 39.4. The van der Waals surface area contributed by atoms with E-state index >= 15 is 0 Å². The maximum Gasteiger partial charge on any atom is 0.291 e. The van der Waals surface area contributed by atoms with Gasteiger partial charge in [-0.1, -0.05) is 6.07 Å². The van der Waals surface area contributed by atoms with Crippen LogP contribution < -0.4 is 10.7 Å². The molecule has 0 saturated carbocycles. The number of non-ortho nitro benzene ring substituents is 1. The molecule has 0 aliphatic heterocycles. The summed E-state index contributed by atoms with van der Waals surface area (Å²) in [5, 5.41) is 17.9. The molecule has 32 heavy (non-hydrogen) atoms. The fourth-order valence-electron chi connectivity index (χ4n) is 3.56. The molecule has 0 bridgehead atoms. The normalized spacial score (nSPS) is 14.0. The third-order valence-corrected chi connectivity index (χ3v) is 5.06. The van der Waals surface area contributed by atoms with Crippen LogP contribution in [0.1, 0.15) is 50.6 Å². The van der Waals surface area contributed by atoms with Gasteiger partial charge < -0.3 is 9.73 Å². The second kappa shape index (κ2) is 8.80. The SMILES string of the molecule is Cc1c(C(=O)Nc2cccc([N+](=O)[O-])c2)oc2c1/C(=N/NC(=O)c1cccnc1)CCC2. The molecule has 2 aromatic heterocycles. The molecule has 1 aromatic carbocycles. The number of furan rings is 1. The highest BCUT2D eigenvalue weighted by Gasteiger charge is 2.28. The van der Waals surface area contributed by atoms with E-state index in [-0.39, 0.29) is 23.0 Å². The lowest BCUT2D eigenvalue weighted by atomic mass is 9.93. The summed E-state index contributed by atoms with van der Waals surface area (Å²) in [7, 11) is 0. The molecule has 0 fully saturated rings. The number of anilines is 1. The number of pyridine rings is 1. The minimum absolute atomic E-state index is 0.106. The Morgan fingerprint density at radius 3 is 2.78 bits per heavy atom. The van der Waals surface area contributed by atoms with E-state index in [2.05, 4.69) is 20.8 Å². The lowest BCUT2D eigenvalue weighted by Crippen LogP contribution is -2.22. The minimum atomic E-state index is -0.533. The van der Waals surface area contributed by atoms with Crippen molar-refractivity contribution < 1.29 is 18.9 Å². The van der Waals surface area contributed by atoms with E-state index in [1.54, 1.807) is 31.3 Å². The van der Waals surface area contributed by atoms with Gasteiger partial charge in [-0.15, -0.1) is 0 Å². The number of nitro groups is 1. The van der Waals surface area contributed by atoms with Crippen LogP contribution in [0.25, 0.3) is 0 Å². The van der Waals surface area contributed by atoms with Crippen LogP contribution in [0.15, 0.2) is 58.3 Å². The summed E-state index contributed by atoms with van der Waals surface area (Å²) in [6.07, 6.45) is 5.03. The molecule has 1 aliphatic rings. The van der Waals surface area contributed by atoms with Gasteiger partial charge in [0.25, 0.3) is 17.5 Å². The van der Waals surface area contributed by atoms with Crippen molar-refractivity contribution in [3.63, 3.8) is 0 Å². The highest BCUT2D eigenvalue weighted by atomic mass is 16.6. The predicted molar refractivity (Wildman–Crippen MR) is 116 cm³/mol. The van der Waals surface area contributed by atoms with Crippen molar-refractivity contribution in [1.29, 1.82) is 0 Å². The second-order valence-electron chi connectivity index (χ2n) is 7.21. The van der Waals surface area contributed by atoms with Gasteiger partial charge in [0.1, 0.15) is 5.76 Å². The zero-order valence-corrected chi connectivity index (χ0v) is 17.1. The number of nitrogens with one attached hydrogen (secondary N) is 2. The quantitative estimate of drug-likeness (QED) is 0.465. The third kappa shape index (κ3) is 4.24. The van der Waals surface area contributed by atoms with Crippen molar-refractivity contribution in [2.45, 2.75) is 26.2 Å². The zero-order valence-electron chi connectivity index (χ0n) is 17.1. The van der Waals surface area contributed by atoms with Crippen molar-refractivity contribution in [2.75, 3.05) is 5.32 Å². The Kier molecular flexibility index (Phi) is 5.75. The monoisotopic (exact) mass is 433 g/mol. The van der Waals surface area contributed by atoms with Crippen molar-refractivity contribution in [1.82, 2.24) is 10.4 Å². The lowest BCUT2D eigenvalue weighted by Gasteiger charge is -2.13. The lowest BCUT2D eigenvalue weighted by molar-refractivity contribution is -0.384. The molecule has 2 N–H and O–H groups in total. The number of hydrazone groups is 1. The zero-order chi connectivity index (χ0) is 22.7. The molecule has 4 rings (SSSR count). The van der Waals surface area contributed by atoms with Gasteiger partial charge in [-0.2, -0.15) is 5.10 Å². The summed E-state index contributed by atoms with van der Waals surface area (Å²) in [5.74, 6) is -0.180. The summed E-state index contributed by atoms with van der Waals surface area (Å²) in [6.45, 7) is 1.74. The molecule has 0 spiro atoms. The molecule has 0 atom stereocenters. The fourth-order valence-corrected chi connectivity index (χ4v) is 3.56. The van der Waals surface area contributed by atoms with Crippen LogP contribution in [0.2, 0.25) is 0 Å². The first-order valence-electron chi connectivity index (χ1n) is 9.89. The van der Waals surface area contributed by atoms with E-state index in [4.69, 9.17) is 4.42 Å². The van der Waals surface area contributed by atoms with E-state index in [0.717, 1.165) is 6.42 Å². The van der Waals surface area contributed by atoms with E-state index in [1.165, 1.54) is 24.4 Å². The Bertz CT molecular complexity index is 1230. The van der Waals surface area contributed by atoms with Crippen LogP contribution in [0, 0.1) is 17.0 Å². The summed E-state index contributed by atoms with van der Waals surface area (Å²) < 4.78 is 5.82. The second-order valence-corrected chi connectivity index (χ2v) is 7.21. The van der Waals surface area contributed by atoms with Crippen LogP contribution in [0.3, 0.4) is 0 Å². The fraction of sp³-hybridized carbons (Fsp3) is 0.182. The van der Waals surface area contributed by atoms with E-state index < -0.39 is 10.8 Å². The molecule has 2 heterocycles. The van der Waals surface area contributed by atoms with Crippen LogP contribution in [0.5, 0.6) is 0 Å². The van der Waals surface area contributed by atoms with Gasteiger partial charge >= 0.3 is 0 Å². The third-order valence-electron chi connectivity index (χ3n) is 5.06. The predicted octanol–water partition coefficient (Wildman–Crippen LogP) is 3.61. The number of aryl methyl sites for hydroxylation is 1. The largest absolute Gasteiger partial charge is 0.455 e. The first kappa shape index (κ1) is 20.9. The Labute approximate surface area is 182 Å². The number of carbonyl (C=O) groups is 2. The first-order chi connectivity index (χ1) is 15.4. The number of rotatable bonds is 5. The number of aromatic nitrogens is 1. The maximum atomic E-state index is 12.8. The van der Waals surface area contributed by atoms with Crippen LogP contribution in [-0.2, 0) is 6.42 Å². The van der Waals surface area contributed by atoms with Crippen molar-refractivity contribution in [2.24, 2.45) is 5.10 Å². The summed E-state index contributed by atoms with van der Waals surface area (Å²) in [5.41, 5.74) is 5.00. The Morgan fingerprint density at radius 2 is 2.03 bits per heavy atom. The molecule has 3 aromatic rings. The average Bonchev–Trinajstić information content (AvgIpc) is 3.15. The average molecular weight is 433 g/mol. The maximum absolute atomic E-state index is 12.8. The van der Waals surface area contributed by atoms with Crippen LogP contribution in [0.4, 0.5) is 11.4 Å². The molecule has 0 saturated heterocycles. The number of carbonyl (C=O) groups excluding carboxylic acids is 2. The Hall–Kier alpha value is -4.34. The number of nitro benzene ring substituents is 1. The Balaban J connectivity index is 1.56. The van der Waals surface area contributed by atoms with Gasteiger partial charge in [-0.3, -0.25) is 24.7 Å². The molecule has 1 aliphatic carbocycles. The number of hydrogen-bond donors (Lipinski definition) is 2. The smallest absolute Gasteiger partial charge is 0.291 e. The molecule has 2 amide bonds. The standard InChI is InChI=1S/C22H19N5O5/c1-13-19-17(25-26-21(28)14-5-4-10-23-12-14)8-3-9-18(19)32-20(13)22(29)24-15-6-2-7-16(11-15)27(30)31/h2,4-7,10-12H,3,8-9H2,1H3,(H,24,29)(H,26,28)/b25-17+. The molecule has 0 unspecified atom stereocenters. The van der Waals surface area contributed by atoms with Gasteiger partial charge in [0.05, 0.1) is 16.2 Å². The first-order valence-corrected chi connectivity index (χ1v) is 9.89. The van der Waals surface area contributed by atoms with E-state index in [9.17, 15) is 19.7 Å². The molecular formula is C22H19N5O5. The Morgan fingerprint density at radius 1 is 1.19 bits per heavy atom. The molecular weight excluding hydrogens is 414 g/mol. The molecule has 10 heteroatoms. The summed E-state index contributed by atoms with van der Waals surface area (Å²) in [6, 6.07) is 8.96. The van der Waals surface area contributed by atoms with Crippen LogP contribution in [-0.4, -0.2) is 27.4 Å². The highest BCUT2D eigenvalue weighted by Crippen LogP contribution is 2.30. The van der Waals surface area contributed by atoms with Gasteiger partial charge in [-0.25, -0.2) is 5.43 Å². The van der Waals surface area contributed by atoms with Gasteiger partial charge in [-0.05, 0) is 38.0 Å². The highest BCUT2D eigenvalue weighted by molar-refractivity contribution is 6.09. The van der Waals surface area contributed by atoms with E-state index in [1.807, 2.05) is 0 Å². The molecule has 10 nitrogen and oxygen atoms in total. The van der Waals surface area contributed by atoms with Crippen molar-refractivity contribution in [3.05, 3.63) is 87.1 Å². The molecule has 162 valence electrons. The number of hydrogen-bond acceptors (Lipinski definition) is 7. The van der Waals surface area contributed by atoms with Gasteiger partial charge in [0.15, 0.2) is 5.76 Å². The molecule has 0 radical (unpaired) electrons. The number of amides is 2. The minimum Gasteiger partial charge on any atom is -0.455 e. The van der Waals surface area contributed by atoms with Crippen molar-refractivity contribution >= 4 is 28.9 Å². The van der Waals surface area contributed by atoms with Gasteiger partial charge in [0, 0.05) is 47.8 Å². The van der Waals surface area contributed by atoms with Crippen LogP contribution >= 0.6 is 0 Å². The number of nitrogens with zero attached hydrogens (tertiary/aromatic N) is 3. The number of benzene rings is 1. The topological polar surface area (TPSA) is 140 Å². The van der Waals surface area contributed by atoms with Gasteiger partial charge in [0.2, 0.25) is 0 Å². The van der Waals surface area contributed by atoms with E-state index in [0.29, 0.717) is 41.0 Å². The summed E-state index contributed by atoms with van der Waals surface area (Å²) >= 11 is 0. The van der Waals surface area contributed by atoms with Crippen molar-refractivity contribution in [3.8, 4) is 0 Å². The number of fused-ring (bicyclic) bond motifs is 1.